The first-order valence-corrected chi connectivity index (χ1v) is 7.25. The summed E-state index contributed by atoms with van der Waals surface area (Å²) < 4.78 is 0. The number of rotatable bonds is 5. The fourth-order valence-corrected chi connectivity index (χ4v) is 2.73. The molecule has 6 nitrogen and oxygen atoms in total. The predicted octanol–water partition coefficient (Wildman–Crippen LogP) is 2.47. The first-order valence-electron chi connectivity index (χ1n) is 6.87. The van der Waals surface area contributed by atoms with Crippen LogP contribution in [0.3, 0.4) is 0 Å². The van der Waals surface area contributed by atoms with Gasteiger partial charge in [0.25, 0.3) is 5.69 Å². The molecule has 1 N–H and O–H groups in total. The molecule has 7 heteroatoms. The smallest absolute Gasteiger partial charge is 0.289 e. The summed E-state index contributed by atoms with van der Waals surface area (Å²) in [6.45, 7) is 5.93. The number of nitro groups is 1. The highest BCUT2D eigenvalue weighted by atomic mass is 35.5. The highest BCUT2D eigenvalue weighted by molar-refractivity contribution is 6.33. The molecule has 0 aliphatic carbocycles. The van der Waals surface area contributed by atoms with Crippen LogP contribution in [0.1, 0.15) is 19.8 Å². The van der Waals surface area contributed by atoms with Crippen LogP contribution < -0.4 is 10.2 Å². The van der Waals surface area contributed by atoms with Crippen molar-refractivity contribution < 1.29 is 4.92 Å². The van der Waals surface area contributed by atoms with Crippen molar-refractivity contribution in [3.63, 3.8) is 0 Å². The van der Waals surface area contributed by atoms with Crippen molar-refractivity contribution in [1.29, 1.82) is 0 Å². The summed E-state index contributed by atoms with van der Waals surface area (Å²) in [5, 5.41) is 14.4. The average Bonchev–Trinajstić information content (AvgIpc) is 2.45. The number of nitrogens with one attached hydrogen (secondary N) is 1. The first kappa shape index (κ1) is 15.0. The molecule has 1 fully saturated rings. The van der Waals surface area contributed by atoms with Gasteiger partial charge >= 0.3 is 0 Å². The van der Waals surface area contributed by atoms with Crippen molar-refractivity contribution in [3.05, 3.63) is 27.4 Å². The fraction of sp³-hybridized carbons (Fsp3) is 0.615. The maximum absolute atomic E-state index is 10.7. The molecule has 0 bridgehead atoms. The van der Waals surface area contributed by atoms with Crippen LogP contribution in [0, 0.1) is 16.0 Å². The molecule has 1 saturated heterocycles. The summed E-state index contributed by atoms with van der Waals surface area (Å²) in [6.07, 6.45) is 3.44. The van der Waals surface area contributed by atoms with Gasteiger partial charge < -0.3 is 10.2 Å². The molecule has 110 valence electrons. The Labute approximate surface area is 123 Å². The van der Waals surface area contributed by atoms with Crippen LogP contribution in [0.25, 0.3) is 0 Å². The van der Waals surface area contributed by atoms with Gasteiger partial charge in [-0.05, 0) is 31.8 Å². The Morgan fingerprint density at radius 2 is 2.25 bits per heavy atom. The normalized spacial score (nSPS) is 16.4. The Bertz CT molecular complexity index is 475. The largest absolute Gasteiger partial charge is 0.355 e. The SMILES string of the molecule is CCNCC1CCN(c2ncc([N+](=O)[O-])cc2Cl)CC1. The van der Waals surface area contributed by atoms with Crippen molar-refractivity contribution in [2.45, 2.75) is 19.8 Å². The highest BCUT2D eigenvalue weighted by Gasteiger charge is 2.22. The minimum Gasteiger partial charge on any atom is -0.355 e. The van der Waals surface area contributed by atoms with Gasteiger partial charge in [-0.2, -0.15) is 0 Å². The van der Waals surface area contributed by atoms with E-state index in [-0.39, 0.29) is 5.69 Å². The second-order valence-corrected chi connectivity index (χ2v) is 5.40. The van der Waals surface area contributed by atoms with Crippen molar-refractivity contribution >= 4 is 23.1 Å². The molecule has 1 aliphatic heterocycles. The maximum Gasteiger partial charge on any atom is 0.289 e. The van der Waals surface area contributed by atoms with Crippen molar-refractivity contribution in [3.8, 4) is 0 Å². The number of hydrogen-bond acceptors (Lipinski definition) is 5. The molecule has 1 aromatic rings. The van der Waals surface area contributed by atoms with Gasteiger partial charge in [-0.25, -0.2) is 4.98 Å². The Balaban J connectivity index is 1.98. The van der Waals surface area contributed by atoms with E-state index in [0.717, 1.165) is 39.0 Å². The van der Waals surface area contributed by atoms with Crippen LogP contribution in [0.2, 0.25) is 5.02 Å². The van der Waals surface area contributed by atoms with E-state index in [9.17, 15) is 10.1 Å². The minimum absolute atomic E-state index is 0.0687. The summed E-state index contributed by atoms with van der Waals surface area (Å²) >= 11 is 6.11. The lowest BCUT2D eigenvalue weighted by molar-refractivity contribution is -0.385. The second-order valence-electron chi connectivity index (χ2n) is 4.99. The summed E-state index contributed by atoms with van der Waals surface area (Å²) in [7, 11) is 0. The van der Waals surface area contributed by atoms with E-state index in [2.05, 4.69) is 22.1 Å². The molecular formula is C13H19ClN4O2. The maximum atomic E-state index is 10.7. The topological polar surface area (TPSA) is 71.3 Å². The molecule has 1 aliphatic rings. The molecule has 0 aromatic carbocycles. The van der Waals surface area contributed by atoms with Crippen molar-refractivity contribution in [1.82, 2.24) is 10.3 Å². The lowest BCUT2D eigenvalue weighted by atomic mass is 9.97. The number of anilines is 1. The molecule has 0 amide bonds. The third-order valence-electron chi connectivity index (χ3n) is 3.62. The molecular weight excluding hydrogens is 280 g/mol. The van der Waals surface area contributed by atoms with E-state index in [1.165, 1.54) is 12.3 Å². The predicted molar refractivity (Wildman–Crippen MR) is 79.4 cm³/mol. The number of pyridine rings is 1. The lowest BCUT2D eigenvalue weighted by Crippen LogP contribution is -2.37. The van der Waals surface area contributed by atoms with Gasteiger partial charge in [-0.1, -0.05) is 18.5 Å². The summed E-state index contributed by atoms with van der Waals surface area (Å²) in [6, 6.07) is 1.37. The summed E-state index contributed by atoms with van der Waals surface area (Å²) in [4.78, 5) is 16.4. The first-order chi connectivity index (χ1) is 9.61. The Kier molecular flexibility index (Phi) is 5.14. The quantitative estimate of drug-likeness (QED) is 0.668. The molecule has 2 rings (SSSR count). The molecule has 20 heavy (non-hydrogen) atoms. The third kappa shape index (κ3) is 3.58. The van der Waals surface area contributed by atoms with Gasteiger partial charge in [0.2, 0.25) is 0 Å². The number of hydrogen-bond donors (Lipinski definition) is 1. The van der Waals surface area contributed by atoms with Gasteiger partial charge in [0.1, 0.15) is 12.0 Å². The minimum atomic E-state index is -0.481. The van der Waals surface area contributed by atoms with Crippen LogP contribution in [-0.4, -0.2) is 36.1 Å². The van der Waals surface area contributed by atoms with Crippen LogP contribution in [-0.2, 0) is 0 Å². The van der Waals surface area contributed by atoms with Gasteiger partial charge in [0.15, 0.2) is 0 Å². The Morgan fingerprint density at radius 1 is 1.55 bits per heavy atom. The zero-order valence-electron chi connectivity index (χ0n) is 11.5. The van der Waals surface area contributed by atoms with Gasteiger partial charge in [0, 0.05) is 19.2 Å². The lowest BCUT2D eigenvalue weighted by Gasteiger charge is -2.33. The molecule has 0 spiro atoms. The van der Waals surface area contributed by atoms with Crippen LogP contribution in [0.15, 0.2) is 12.3 Å². The van der Waals surface area contributed by atoms with E-state index in [1.54, 1.807) is 0 Å². The summed E-state index contributed by atoms with van der Waals surface area (Å²) in [5.41, 5.74) is -0.0687. The fourth-order valence-electron chi connectivity index (χ4n) is 2.45. The highest BCUT2D eigenvalue weighted by Crippen LogP contribution is 2.30. The van der Waals surface area contributed by atoms with Gasteiger partial charge in [-0.3, -0.25) is 10.1 Å². The molecule has 2 heterocycles. The van der Waals surface area contributed by atoms with Crippen molar-refractivity contribution in [2.75, 3.05) is 31.1 Å². The number of halogens is 1. The van der Waals surface area contributed by atoms with Gasteiger partial charge in [0.05, 0.1) is 9.95 Å². The number of aromatic nitrogens is 1. The van der Waals surface area contributed by atoms with E-state index < -0.39 is 4.92 Å². The van der Waals surface area contributed by atoms with Crippen LogP contribution in [0.4, 0.5) is 11.5 Å². The molecule has 1 aromatic heterocycles. The molecule has 0 unspecified atom stereocenters. The second kappa shape index (κ2) is 6.85. The summed E-state index contributed by atoms with van der Waals surface area (Å²) in [5.74, 6) is 1.34. The van der Waals surface area contributed by atoms with E-state index in [0.29, 0.717) is 16.8 Å². The standard InChI is InChI=1S/C13H19ClN4O2/c1-2-15-8-10-3-5-17(6-4-10)13-12(14)7-11(9-16-13)18(19)20/h7,9-10,15H,2-6,8H2,1H3. The zero-order valence-corrected chi connectivity index (χ0v) is 12.3. The van der Waals surface area contributed by atoms with Gasteiger partial charge in [-0.15, -0.1) is 0 Å². The average molecular weight is 299 g/mol. The number of nitrogens with zero attached hydrogens (tertiary/aromatic N) is 3. The Hall–Kier alpha value is -1.40. The van der Waals surface area contributed by atoms with Crippen molar-refractivity contribution in [2.24, 2.45) is 5.92 Å². The molecule has 0 saturated carbocycles. The third-order valence-corrected chi connectivity index (χ3v) is 3.89. The molecule has 0 atom stereocenters. The van der Waals surface area contributed by atoms with E-state index in [1.807, 2.05) is 0 Å². The molecule has 0 radical (unpaired) electrons. The zero-order chi connectivity index (χ0) is 14.5. The monoisotopic (exact) mass is 298 g/mol. The number of piperidine rings is 1. The van der Waals surface area contributed by atoms with Crippen LogP contribution >= 0.6 is 11.6 Å². The Morgan fingerprint density at radius 3 is 2.80 bits per heavy atom. The van der Waals surface area contributed by atoms with Crippen LogP contribution in [0.5, 0.6) is 0 Å². The van der Waals surface area contributed by atoms with E-state index in [4.69, 9.17) is 11.6 Å². The van der Waals surface area contributed by atoms with E-state index >= 15 is 0 Å².